The summed E-state index contributed by atoms with van der Waals surface area (Å²) in [5.74, 6) is 0.574. The minimum atomic E-state index is -0.113. The minimum absolute atomic E-state index is 0.113. The topological polar surface area (TPSA) is 82.3 Å². The SMILES string of the molecule is COCCN1CCC(Nc2ccc3c(c2)C(=C(c2ccccc2)c2nc4ccccc4[nH]2)C(=O)N3)CC1. The number of anilines is 2. The molecule has 4 aromatic rings. The van der Waals surface area contributed by atoms with Gasteiger partial charge in [-0.15, -0.1) is 0 Å². The van der Waals surface area contributed by atoms with Crippen molar-refractivity contribution in [1.29, 1.82) is 0 Å². The number of aromatic nitrogens is 2. The molecule has 7 nitrogen and oxygen atoms in total. The molecule has 3 aromatic carbocycles. The van der Waals surface area contributed by atoms with Gasteiger partial charge < -0.3 is 25.3 Å². The lowest BCUT2D eigenvalue weighted by Crippen LogP contribution is -2.40. The van der Waals surface area contributed by atoms with Gasteiger partial charge in [0, 0.05) is 55.3 Å². The summed E-state index contributed by atoms with van der Waals surface area (Å²) in [6.07, 6.45) is 2.16. The molecule has 37 heavy (non-hydrogen) atoms. The molecule has 0 spiro atoms. The number of aromatic amines is 1. The van der Waals surface area contributed by atoms with Crippen LogP contribution in [0, 0.1) is 0 Å². The number of H-pyrrole nitrogens is 1. The highest BCUT2D eigenvalue weighted by atomic mass is 16.5. The Bertz CT molecular complexity index is 1420. The van der Waals surface area contributed by atoms with Gasteiger partial charge in [0.25, 0.3) is 5.91 Å². The molecule has 188 valence electrons. The molecule has 1 aromatic heterocycles. The number of ether oxygens (including phenoxy) is 1. The summed E-state index contributed by atoms with van der Waals surface area (Å²) in [6, 6.07) is 24.5. The van der Waals surface area contributed by atoms with Gasteiger partial charge in [0.15, 0.2) is 0 Å². The van der Waals surface area contributed by atoms with E-state index in [0.717, 1.165) is 78.2 Å². The summed E-state index contributed by atoms with van der Waals surface area (Å²) >= 11 is 0. The van der Waals surface area contributed by atoms with Crippen molar-refractivity contribution in [1.82, 2.24) is 14.9 Å². The molecule has 1 amide bonds. The zero-order valence-corrected chi connectivity index (χ0v) is 21.0. The fourth-order valence-corrected chi connectivity index (χ4v) is 5.34. The van der Waals surface area contributed by atoms with Crippen LogP contribution in [0.25, 0.3) is 22.2 Å². The van der Waals surface area contributed by atoms with Crippen LogP contribution in [0.3, 0.4) is 0 Å². The third-order valence-electron chi connectivity index (χ3n) is 7.27. The Morgan fingerprint density at radius 1 is 1.05 bits per heavy atom. The summed E-state index contributed by atoms with van der Waals surface area (Å²) in [5, 5.41) is 6.79. The molecule has 3 heterocycles. The Labute approximate surface area is 216 Å². The van der Waals surface area contributed by atoms with Gasteiger partial charge in [-0.3, -0.25) is 4.79 Å². The van der Waals surface area contributed by atoms with Crippen LogP contribution in [-0.2, 0) is 9.53 Å². The van der Waals surface area contributed by atoms with Gasteiger partial charge in [0.2, 0.25) is 0 Å². The van der Waals surface area contributed by atoms with E-state index in [1.165, 1.54) is 0 Å². The fourth-order valence-electron chi connectivity index (χ4n) is 5.34. The molecule has 2 aliphatic heterocycles. The number of carbonyl (C=O) groups is 1. The van der Waals surface area contributed by atoms with Gasteiger partial charge in [-0.05, 0) is 48.7 Å². The molecular formula is C30H31N5O2. The van der Waals surface area contributed by atoms with Crippen LogP contribution in [0.2, 0.25) is 0 Å². The van der Waals surface area contributed by atoms with Gasteiger partial charge >= 0.3 is 0 Å². The van der Waals surface area contributed by atoms with Crippen molar-refractivity contribution in [2.24, 2.45) is 0 Å². The smallest absolute Gasteiger partial charge is 0.257 e. The average molecular weight is 494 g/mol. The minimum Gasteiger partial charge on any atom is -0.383 e. The molecule has 0 radical (unpaired) electrons. The molecule has 3 N–H and O–H groups in total. The molecule has 0 atom stereocenters. The summed E-state index contributed by atoms with van der Waals surface area (Å²) in [5.41, 5.74) is 6.95. The molecule has 0 unspecified atom stereocenters. The number of benzene rings is 3. The van der Waals surface area contributed by atoms with E-state index < -0.39 is 0 Å². The Morgan fingerprint density at radius 3 is 2.62 bits per heavy atom. The van der Waals surface area contributed by atoms with Gasteiger partial charge in [-0.2, -0.15) is 0 Å². The van der Waals surface area contributed by atoms with Crippen molar-refractivity contribution in [3.05, 3.63) is 89.7 Å². The van der Waals surface area contributed by atoms with Crippen molar-refractivity contribution < 1.29 is 9.53 Å². The number of likely N-dealkylation sites (tertiary alicyclic amines) is 1. The molecule has 0 bridgehead atoms. The lowest BCUT2D eigenvalue weighted by atomic mass is 9.94. The Hall–Kier alpha value is -3.94. The number of fused-ring (bicyclic) bond motifs is 2. The third-order valence-corrected chi connectivity index (χ3v) is 7.27. The number of carbonyl (C=O) groups excluding carboxylic acids is 1. The maximum absolute atomic E-state index is 13.4. The van der Waals surface area contributed by atoms with Gasteiger partial charge in [0.1, 0.15) is 5.82 Å². The number of imidazole rings is 1. The Balaban J connectivity index is 1.36. The molecule has 2 aliphatic rings. The average Bonchev–Trinajstić information content (AvgIpc) is 3.50. The van der Waals surface area contributed by atoms with Crippen LogP contribution in [-0.4, -0.2) is 60.2 Å². The number of hydrogen-bond donors (Lipinski definition) is 3. The highest BCUT2D eigenvalue weighted by Gasteiger charge is 2.30. The first kappa shape index (κ1) is 23.5. The van der Waals surface area contributed by atoms with E-state index in [0.29, 0.717) is 17.4 Å². The number of piperidine rings is 1. The predicted octanol–water partition coefficient (Wildman–Crippen LogP) is 5.00. The largest absolute Gasteiger partial charge is 0.383 e. The quantitative estimate of drug-likeness (QED) is 0.316. The van der Waals surface area contributed by atoms with Crippen LogP contribution >= 0.6 is 0 Å². The molecule has 7 heteroatoms. The van der Waals surface area contributed by atoms with Crippen LogP contribution in [0.5, 0.6) is 0 Å². The van der Waals surface area contributed by atoms with E-state index in [1.54, 1.807) is 7.11 Å². The summed E-state index contributed by atoms with van der Waals surface area (Å²) in [7, 11) is 1.75. The van der Waals surface area contributed by atoms with E-state index in [4.69, 9.17) is 9.72 Å². The van der Waals surface area contributed by atoms with Crippen LogP contribution in [0.1, 0.15) is 29.8 Å². The van der Waals surface area contributed by atoms with E-state index in [9.17, 15) is 4.79 Å². The van der Waals surface area contributed by atoms with Crippen LogP contribution < -0.4 is 10.6 Å². The van der Waals surface area contributed by atoms with Crippen molar-refractivity contribution in [2.45, 2.75) is 18.9 Å². The second kappa shape index (κ2) is 10.2. The van der Waals surface area contributed by atoms with Crippen molar-refractivity contribution in [2.75, 3.05) is 44.0 Å². The van der Waals surface area contributed by atoms with Crippen LogP contribution in [0.4, 0.5) is 11.4 Å². The van der Waals surface area contributed by atoms with Crippen molar-refractivity contribution in [3.8, 4) is 0 Å². The second-order valence-electron chi connectivity index (χ2n) is 9.69. The summed E-state index contributed by atoms with van der Waals surface area (Å²) in [4.78, 5) is 24.2. The first-order valence-corrected chi connectivity index (χ1v) is 12.9. The van der Waals surface area contributed by atoms with Gasteiger partial charge in [0.05, 0.1) is 23.2 Å². The van der Waals surface area contributed by atoms with Crippen molar-refractivity contribution >= 4 is 39.5 Å². The summed E-state index contributed by atoms with van der Waals surface area (Å²) < 4.78 is 5.23. The number of hydrogen-bond acceptors (Lipinski definition) is 5. The number of para-hydroxylation sites is 2. The van der Waals surface area contributed by atoms with Crippen molar-refractivity contribution in [3.63, 3.8) is 0 Å². The standard InChI is InChI=1S/C30H31N5O2/c1-37-18-17-35-15-13-21(14-16-35)31-22-11-12-24-23(19-22)28(30(36)34-24)27(20-7-3-2-4-8-20)29-32-25-9-5-6-10-26(25)33-29/h2-12,19,21,31H,13-18H2,1H3,(H,32,33)(H,34,36). The Kier molecular flexibility index (Phi) is 6.47. The monoisotopic (exact) mass is 493 g/mol. The normalized spacial score (nSPS) is 17.6. The van der Waals surface area contributed by atoms with Gasteiger partial charge in [-0.1, -0.05) is 42.5 Å². The predicted molar refractivity (Wildman–Crippen MR) is 148 cm³/mol. The zero-order chi connectivity index (χ0) is 25.2. The lowest BCUT2D eigenvalue weighted by Gasteiger charge is -2.32. The number of methoxy groups -OCH3 is 1. The lowest BCUT2D eigenvalue weighted by molar-refractivity contribution is -0.110. The number of amides is 1. The zero-order valence-electron chi connectivity index (χ0n) is 21.0. The molecule has 0 aliphatic carbocycles. The highest BCUT2D eigenvalue weighted by molar-refractivity contribution is 6.38. The Morgan fingerprint density at radius 2 is 1.84 bits per heavy atom. The highest BCUT2D eigenvalue weighted by Crippen LogP contribution is 2.41. The van der Waals surface area contributed by atoms with E-state index in [1.807, 2.05) is 60.7 Å². The van der Waals surface area contributed by atoms with Crippen LogP contribution in [0.15, 0.2) is 72.8 Å². The maximum atomic E-state index is 13.4. The third kappa shape index (κ3) is 4.75. The number of nitrogens with zero attached hydrogens (tertiary/aromatic N) is 2. The molecule has 6 rings (SSSR count). The molecule has 1 fully saturated rings. The summed E-state index contributed by atoms with van der Waals surface area (Å²) in [6.45, 7) is 3.87. The first-order chi connectivity index (χ1) is 18.2. The first-order valence-electron chi connectivity index (χ1n) is 12.9. The fraction of sp³-hybridized carbons (Fsp3) is 0.267. The maximum Gasteiger partial charge on any atom is 0.257 e. The molecule has 0 saturated carbocycles. The second-order valence-corrected chi connectivity index (χ2v) is 9.69. The van der Waals surface area contributed by atoms with Gasteiger partial charge in [-0.25, -0.2) is 4.98 Å². The van der Waals surface area contributed by atoms with E-state index in [-0.39, 0.29) is 5.91 Å². The number of nitrogens with one attached hydrogen (secondary N) is 3. The van der Waals surface area contributed by atoms with E-state index in [2.05, 4.69) is 32.7 Å². The van der Waals surface area contributed by atoms with E-state index >= 15 is 0 Å². The molecule has 1 saturated heterocycles. The number of rotatable bonds is 7. The molecular weight excluding hydrogens is 462 g/mol.